The normalized spacial score (nSPS) is 24.4. The summed E-state index contributed by atoms with van der Waals surface area (Å²) in [7, 11) is 1.80. The lowest BCUT2D eigenvalue weighted by Crippen LogP contribution is -2.43. The molecule has 17 heavy (non-hydrogen) atoms. The Morgan fingerprint density at radius 3 is 2.82 bits per heavy atom. The van der Waals surface area contributed by atoms with Gasteiger partial charge in [-0.25, -0.2) is 0 Å². The molecular formula is C12H23N3O2. The van der Waals surface area contributed by atoms with Gasteiger partial charge in [0.15, 0.2) is 5.96 Å². The first-order chi connectivity index (χ1) is 8.29. The van der Waals surface area contributed by atoms with Crippen LogP contribution in [0.2, 0.25) is 0 Å². The van der Waals surface area contributed by atoms with Crippen LogP contribution in [0.5, 0.6) is 0 Å². The van der Waals surface area contributed by atoms with Crippen LogP contribution in [0.25, 0.3) is 0 Å². The van der Waals surface area contributed by atoms with Crippen LogP contribution in [0.4, 0.5) is 0 Å². The number of aliphatic hydroxyl groups excluding tert-OH is 1. The Morgan fingerprint density at radius 1 is 1.41 bits per heavy atom. The fourth-order valence-corrected chi connectivity index (χ4v) is 2.83. The zero-order chi connectivity index (χ0) is 12.1. The number of hydrogen-bond acceptors (Lipinski definition) is 3. The smallest absolute Gasteiger partial charge is 0.193 e. The van der Waals surface area contributed by atoms with Gasteiger partial charge in [0.25, 0.3) is 0 Å². The monoisotopic (exact) mass is 241 g/mol. The predicted molar refractivity (Wildman–Crippen MR) is 67.1 cm³/mol. The molecule has 0 aromatic carbocycles. The highest BCUT2D eigenvalue weighted by molar-refractivity contribution is 5.80. The molecule has 0 aromatic heterocycles. The number of guanidine groups is 1. The minimum Gasteiger partial charge on any atom is -0.395 e. The minimum absolute atomic E-state index is 0.145. The maximum atomic E-state index is 8.84. The molecule has 98 valence electrons. The highest BCUT2D eigenvalue weighted by atomic mass is 16.5. The molecule has 0 amide bonds. The summed E-state index contributed by atoms with van der Waals surface area (Å²) in [5.41, 5.74) is 0.440. The number of nitrogens with one attached hydrogen (secondary N) is 1. The van der Waals surface area contributed by atoms with Crippen molar-refractivity contribution in [3.63, 3.8) is 0 Å². The zero-order valence-corrected chi connectivity index (χ0v) is 10.6. The van der Waals surface area contributed by atoms with Crippen LogP contribution in [-0.2, 0) is 4.74 Å². The Hall–Kier alpha value is -0.810. The highest BCUT2D eigenvalue weighted by Crippen LogP contribution is 2.39. The van der Waals surface area contributed by atoms with Gasteiger partial charge in [0.2, 0.25) is 0 Å². The number of ether oxygens (including phenoxy) is 1. The van der Waals surface area contributed by atoms with Gasteiger partial charge >= 0.3 is 0 Å². The Balaban J connectivity index is 1.91. The Labute approximate surface area is 103 Å². The first-order valence-electron chi connectivity index (χ1n) is 6.44. The molecule has 2 heterocycles. The van der Waals surface area contributed by atoms with Crippen molar-refractivity contribution >= 4 is 5.96 Å². The molecule has 0 atom stereocenters. The topological polar surface area (TPSA) is 57.1 Å². The van der Waals surface area contributed by atoms with E-state index < -0.39 is 0 Å². The Kier molecular flexibility index (Phi) is 4.23. The van der Waals surface area contributed by atoms with Crippen molar-refractivity contribution in [2.75, 3.05) is 46.5 Å². The summed E-state index contributed by atoms with van der Waals surface area (Å²) >= 11 is 0. The third-order valence-electron chi connectivity index (χ3n) is 3.90. The van der Waals surface area contributed by atoms with E-state index in [1.165, 1.54) is 19.3 Å². The third-order valence-corrected chi connectivity index (χ3v) is 3.90. The molecule has 2 aliphatic heterocycles. The predicted octanol–water partition coefficient (Wildman–Crippen LogP) is 0.0566. The van der Waals surface area contributed by atoms with Gasteiger partial charge in [0.05, 0.1) is 6.61 Å². The van der Waals surface area contributed by atoms with Gasteiger partial charge in [-0.3, -0.25) is 4.99 Å². The lowest BCUT2D eigenvalue weighted by atomic mass is 9.80. The summed E-state index contributed by atoms with van der Waals surface area (Å²) in [5.74, 6) is 0.919. The molecule has 5 heteroatoms. The molecule has 2 N–H and O–H groups in total. The molecule has 2 aliphatic rings. The van der Waals surface area contributed by atoms with E-state index in [1.807, 2.05) is 0 Å². The fourth-order valence-electron chi connectivity index (χ4n) is 2.83. The molecule has 0 saturated carbocycles. The maximum absolute atomic E-state index is 8.84. The highest BCUT2D eigenvalue weighted by Gasteiger charge is 2.40. The minimum atomic E-state index is 0.145. The molecule has 0 unspecified atom stereocenters. The number of rotatable bonds is 2. The van der Waals surface area contributed by atoms with E-state index >= 15 is 0 Å². The molecule has 2 rings (SSSR count). The van der Waals surface area contributed by atoms with E-state index in [0.29, 0.717) is 12.0 Å². The first kappa shape index (κ1) is 12.6. The van der Waals surface area contributed by atoms with Gasteiger partial charge in [0, 0.05) is 39.9 Å². The zero-order valence-electron chi connectivity index (χ0n) is 10.6. The maximum Gasteiger partial charge on any atom is 0.193 e. The van der Waals surface area contributed by atoms with Gasteiger partial charge < -0.3 is 20.1 Å². The number of aliphatic hydroxyl groups is 1. The van der Waals surface area contributed by atoms with E-state index in [-0.39, 0.29) is 6.61 Å². The number of nitrogens with zero attached hydrogens (tertiary/aromatic N) is 2. The summed E-state index contributed by atoms with van der Waals surface area (Å²) < 4.78 is 5.45. The summed E-state index contributed by atoms with van der Waals surface area (Å²) in [6, 6.07) is 0. The van der Waals surface area contributed by atoms with Crippen LogP contribution < -0.4 is 5.32 Å². The van der Waals surface area contributed by atoms with Crippen molar-refractivity contribution < 1.29 is 9.84 Å². The largest absolute Gasteiger partial charge is 0.395 e. The molecule has 0 bridgehead atoms. The number of hydrogen-bond donors (Lipinski definition) is 2. The second-order valence-corrected chi connectivity index (χ2v) is 4.98. The van der Waals surface area contributed by atoms with E-state index in [0.717, 1.165) is 32.3 Å². The summed E-state index contributed by atoms with van der Waals surface area (Å²) in [5, 5.41) is 12.0. The van der Waals surface area contributed by atoms with E-state index in [4.69, 9.17) is 9.84 Å². The van der Waals surface area contributed by atoms with Gasteiger partial charge in [-0.05, 0) is 24.7 Å². The van der Waals surface area contributed by atoms with Crippen LogP contribution in [0.3, 0.4) is 0 Å². The molecule has 1 spiro atoms. The lowest BCUT2D eigenvalue weighted by molar-refractivity contribution is 0.0217. The molecule has 0 radical (unpaired) electrons. The first-order valence-corrected chi connectivity index (χ1v) is 6.44. The van der Waals surface area contributed by atoms with Crippen molar-refractivity contribution in [2.24, 2.45) is 10.4 Å². The quantitative estimate of drug-likeness (QED) is 0.530. The van der Waals surface area contributed by atoms with Crippen molar-refractivity contribution in [1.29, 1.82) is 0 Å². The van der Waals surface area contributed by atoms with Crippen LogP contribution in [-0.4, -0.2) is 62.5 Å². The van der Waals surface area contributed by atoms with Crippen molar-refractivity contribution in [3.05, 3.63) is 0 Å². The van der Waals surface area contributed by atoms with Crippen molar-refractivity contribution in [2.45, 2.75) is 19.3 Å². The molecule has 5 nitrogen and oxygen atoms in total. The molecular weight excluding hydrogens is 218 g/mol. The van der Waals surface area contributed by atoms with Crippen LogP contribution in [0, 0.1) is 5.41 Å². The standard InChI is InChI=1S/C12H23N3O2/c1-13-11(14-5-7-16)15-6-2-12(10-15)3-8-17-9-4-12/h16H,2-10H2,1H3,(H,13,14). The molecule has 2 fully saturated rings. The average molecular weight is 241 g/mol. The lowest BCUT2D eigenvalue weighted by Gasteiger charge is -2.33. The Bertz CT molecular complexity index is 275. The van der Waals surface area contributed by atoms with Gasteiger partial charge in [-0.2, -0.15) is 0 Å². The SMILES string of the molecule is CN=C(NCCO)N1CCC2(CCOCC2)C1. The van der Waals surface area contributed by atoms with E-state index in [9.17, 15) is 0 Å². The van der Waals surface area contributed by atoms with Crippen LogP contribution >= 0.6 is 0 Å². The van der Waals surface area contributed by atoms with Gasteiger partial charge in [-0.1, -0.05) is 0 Å². The third kappa shape index (κ3) is 2.90. The molecule has 0 aromatic rings. The van der Waals surface area contributed by atoms with Gasteiger partial charge in [-0.15, -0.1) is 0 Å². The fraction of sp³-hybridized carbons (Fsp3) is 0.917. The molecule has 2 saturated heterocycles. The summed E-state index contributed by atoms with van der Waals surface area (Å²) in [6.07, 6.45) is 3.57. The van der Waals surface area contributed by atoms with Crippen molar-refractivity contribution in [3.8, 4) is 0 Å². The molecule has 0 aliphatic carbocycles. The van der Waals surface area contributed by atoms with Crippen LogP contribution in [0.15, 0.2) is 4.99 Å². The Morgan fingerprint density at radius 2 is 2.18 bits per heavy atom. The van der Waals surface area contributed by atoms with Crippen molar-refractivity contribution in [1.82, 2.24) is 10.2 Å². The van der Waals surface area contributed by atoms with Crippen LogP contribution in [0.1, 0.15) is 19.3 Å². The second-order valence-electron chi connectivity index (χ2n) is 4.98. The van der Waals surface area contributed by atoms with E-state index in [1.54, 1.807) is 7.05 Å². The number of likely N-dealkylation sites (tertiary alicyclic amines) is 1. The summed E-state index contributed by atoms with van der Waals surface area (Å²) in [6.45, 7) is 4.64. The second kappa shape index (κ2) is 5.69. The van der Waals surface area contributed by atoms with Gasteiger partial charge in [0.1, 0.15) is 0 Å². The summed E-state index contributed by atoms with van der Waals surface area (Å²) in [4.78, 5) is 6.58. The number of aliphatic imine (C=N–C) groups is 1. The van der Waals surface area contributed by atoms with E-state index in [2.05, 4.69) is 15.2 Å². The average Bonchev–Trinajstić information content (AvgIpc) is 2.75.